The molecule has 0 radical (unpaired) electrons. The average Bonchev–Trinajstić information content (AvgIpc) is 2.82. The quantitative estimate of drug-likeness (QED) is 0.787. The minimum Gasteiger partial charge on any atom is -0.398 e. The van der Waals surface area contributed by atoms with Gasteiger partial charge in [-0.05, 0) is 43.4 Å². The zero-order valence-electron chi connectivity index (χ0n) is 10.3. The highest BCUT2D eigenvalue weighted by Gasteiger charge is 2.16. The van der Waals surface area contributed by atoms with Gasteiger partial charge in [-0.15, -0.1) is 0 Å². The summed E-state index contributed by atoms with van der Waals surface area (Å²) in [5, 5.41) is 2.99. The summed E-state index contributed by atoms with van der Waals surface area (Å²) in [6, 6.07) is 5.47. The molecule has 3 nitrogen and oxygen atoms in total. The van der Waals surface area contributed by atoms with Crippen LogP contribution in [0.2, 0.25) is 0 Å². The molecule has 0 aliphatic heterocycles. The Balaban J connectivity index is 1.92. The number of amides is 1. The van der Waals surface area contributed by atoms with Gasteiger partial charge in [-0.2, -0.15) is 0 Å². The van der Waals surface area contributed by atoms with Crippen molar-refractivity contribution in [2.45, 2.75) is 32.6 Å². The molecule has 3 N–H and O–H groups in total. The van der Waals surface area contributed by atoms with Crippen molar-refractivity contribution in [1.82, 2.24) is 5.32 Å². The van der Waals surface area contributed by atoms with E-state index in [9.17, 15) is 4.79 Å². The van der Waals surface area contributed by atoms with Crippen LogP contribution in [0.5, 0.6) is 0 Å². The lowest BCUT2D eigenvalue weighted by Crippen LogP contribution is -2.28. The lowest BCUT2D eigenvalue weighted by Gasteiger charge is -2.11. The minimum absolute atomic E-state index is 0.0106. The molecule has 0 heterocycles. The van der Waals surface area contributed by atoms with Gasteiger partial charge in [-0.3, -0.25) is 4.79 Å². The van der Waals surface area contributed by atoms with Gasteiger partial charge in [0, 0.05) is 17.8 Å². The Hall–Kier alpha value is -1.51. The Bertz CT molecular complexity index is 409. The van der Waals surface area contributed by atoms with E-state index in [4.69, 9.17) is 5.73 Å². The molecule has 0 saturated heterocycles. The first-order valence-corrected chi connectivity index (χ1v) is 6.31. The van der Waals surface area contributed by atoms with Gasteiger partial charge < -0.3 is 11.1 Å². The van der Waals surface area contributed by atoms with Crippen molar-refractivity contribution in [3.8, 4) is 0 Å². The summed E-state index contributed by atoms with van der Waals surface area (Å²) in [4.78, 5) is 11.9. The third-order valence-electron chi connectivity index (χ3n) is 3.57. The van der Waals surface area contributed by atoms with Crippen LogP contribution in [0.1, 0.15) is 41.6 Å². The van der Waals surface area contributed by atoms with E-state index in [1.54, 1.807) is 6.07 Å². The molecule has 0 unspecified atom stereocenters. The van der Waals surface area contributed by atoms with Crippen LogP contribution in [0.15, 0.2) is 18.2 Å². The number of hydrogen-bond donors (Lipinski definition) is 2. The van der Waals surface area contributed by atoms with Crippen LogP contribution in [0.4, 0.5) is 5.69 Å². The first-order valence-electron chi connectivity index (χ1n) is 6.31. The molecule has 1 saturated carbocycles. The third-order valence-corrected chi connectivity index (χ3v) is 3.57. The first-order chi connectivity index (χ1) is 8.16. The maximum Gasteiger partial charge on any atom is 0.251 e. The van der Waals surface area contributed by atoms with Crippen molar-refractivity contribution in [2.75, 3.05) is 12.3 Å². The number of nitrogens with one attached hydrogen (secondary N) is 1. The van der Waals surface area contributed by atoms with Gasteiger partial charge in [0.2, 0.25) is 0 Å². The molecule has 92 valence electrons. The highest BCUT2D eigenvalue weighted by atomic mass is 16.1. The van der Waals surface area contributed by atoms with E-state index in [1.807, 2.05) is 19.1 Å². The number of benzene rings is 1. The molecule has 0 aromatic heterocycles. The predicted octanol–water partition coefficient (Wildman–Crippen LogP) is 2.50. The molecule has 3 heteroatoms. The summed E-state index contributed by atoms with van der Waals surface area (Å²) in [6.45, 7) is 2.74. The maximum absolute atomic E-state index is 11.9. The second-order valence-electron chi connectivity index (χ2n) is 4.93. The first kappa shape index (κ1) is 12.0. The molecule has 1 aliphatic rings. The van der Waals surface area contributed by atoms with Gasteiger partial charge in [0.25, 0.3) is 5.91 Å². The topological polar surface area (TPSA) is 55.1 Å². The molecule has 1 fully saturated rings. The van der Waals surface area contributed by atoms with E-state index < -0.39 is 0 Å². The largest absolute Gasteiger partial charge is 0.398 e. The number of carbonyl (C=O) groups excluding carboxylic acids is 1. The number of rotatable bonds is 3. The monoisotopic (exact) mass is 232 g/mol. The summed E-state index contributed by atoms with van der Waals surface area (Å²) in [5.74, 6) is 0.658. The maximum atomic E-state index is 11.9. The molecule has 1 aliphatic carbocycles. The molecule has 0 bridgehead atoms. The molecule has 0 atom stereocenters. The molecule has 0 spiro atoms. The molecule has 1 aromatic carbocycles. The van der Waals surface area contributed by atoms with Crippen LogP contribution >= 0.6 is 0 Å². The van der Waals surface area contributed by atoms with Gasteiger partial charge in [-0.25, -0.2) is 0 Å². The Morgan fingerprint density at radius 2 is 2.12 bits per heavy atom. The second-order valence-corrected chi connectivity index (χ2v) is 4.93. The normalized spacial score (nSPS) is 16.1. The fraction of sp³-hybridized carbons (Fsp3) is 0.500. The lowest BCUT2D eigenvalue weighted by atomic mass is 10.1. The standard InChI is InChI=1S/C14H20N2O/c1-10-6-7-12(8-13(10)15)14(17)16-9-11-4-2-3-5-11/h6-8,11H,2-5,9,15H2,1H3,(H,16,17). The number of nitrogen functional groups attached to an aromatic ring is 1. The van der Waals surface area contributed by atoms with E-state index in [1.165, 1.54) is 25.7 Å². The van der Waals surface area contributed by atoms with Gasteiger partial charge in [0.05, 0.1) is 0 Å². The third kappa shape index (κ3) is 2.99. The molecule has 1 aromatic rings. The lowest BCUT2D eigenvalue weighted by molar-refractivity contribution is 0.0947. The van der Waals surface area contributed by atoms with Gasteiger partial charge in [0.1, 0.15) is 0 Å². The number of anilines is 1. The molecular formula is C14H20N2O. The van der Waals surface area contributed by atoms with Gasteiger partial charge in [-0.1, -0.05) is 18.9 Å². The highest BCUT2D eigenvalue weighted by molar-refractivity contribution is 5.95. The second kappa shape index (κ2) is 5.21. The Morgan fingerprint density at radius 3 is 2.76 bits per heavy atom. The van der Waals surface area contributed by atoms with Crippen LogP contribution in [-0.2, 0) is 0 Å². The van der Waals surface area contributed by atoms with E-state index in [0.717, 1.165) is 12.1 Å². The Morgan fingerprint density at radius 1 is 1.41 bits per heavy atom. The summed E-state index contributed by atoms with van der Waals surface area (Å²) < 4.78 is 0. The summed E-state index contributed by atoms with van der Waals surface area (Å²) >= 11 is 0. The van der Waals surface area contributed by atoms with Crippen LogP contribution in [0.25, 0.3) is 0 Å². The summed E-state index contributed by atoms with van der Waals surface area (Å²) in [7, 11) is 0. The van der Waals surface area contributed by atoms with Crippen LogP contribution in [-0.4, -0.2) is 12.5 Å². The highest BCUT2D eigenvalue weighted by Crippen LogP contribution is 2.23. The Labute approximate surface area is 102 Å². The van der Waals surface area contributed by atoms with Crippen LogP contribution < -0.4 is 11.1 Å². The minimum atomic E-state index is -0.0106. The van der Waals surface area contributed by atoms with Crippen molar-refractivity contribution in [3.05, 3.63) is 29.3 Å². The zero-order chi connectivity index (χ0) is 12.3. The van der Waals surface area contributed by atoms with Crippen molar-refractivity contribution in [3.63, 3.8) is 0 Å². The van der Waals surface area contributed by atoms with E-state index in [2.05, 4.69) is 5.32 Å². The van der Waals surface area contributed by atoms with Crippen molar-refractivity contribution in [1.29, 1.82) is 0 Å². The summed E-state index contributed by atoms with van der Waals surface area (Å²) in [5.41, 5.74) is 8.15. The molecule has 2 rings (SSSR count). The SMILES string of the molecule is Cc1ccc(C(=O)NCC2CCCC2)cc1N. The summed E-state index contributed by atoms with van der Waals surface area (Å²) in [6.07, 6.45) is 5.10. The number of aryl methyl sites for hydroxylation is 1. The van der Waals surface area contributed by atoms with Crippen molar-refractivity contribution < 1.29 is 4.79 Å². The fourth-order valence-corrected chi connectivity index (χ4v) is 2.34. The molecule has 1 amide bonds. The van der Waals surface area contributed by atoms with Gasteiger partial charge >= 0.3 is 0 Å². The zero-order valence-corrected chi connectivity index (χ0v) is 10.3. The van der Waals surface area contributed by atoms with Gasteiger partial charge in [0.15, 0.2) is 0 Å². The van der Waals surface area contributed by atoms with E-state index in [-0.39, 0.29) is 5.91 Å². The van der Waals surface area contributed by atoms with Crippen molar-refractivity contribution in [2.24, 2.45) is 5.92 Å². The molecule has 17 heavy (non-hydrogen) atoms. The van der Waals surface area contributed by atoms with E-state index >= 15 is 0 Å². The van der Waals surface area contributed by atoms with Crippen LogP contribution in [0.3, 0.4) is 0 Å². The van der Waals surface area contributed by atoms with Crippen LogP contribution in [0, 0.1) is 12.8 Å². The fourth-order valence-electron chi connectivity index (χ4n) is 2.34. The number of hydrogen-bond acceptors (Lipinski definition) is 2. The van der Waals surface area contributed by atoms with Crippen molar-refractivity contribution >= 4 is 11.6 Å². The van der Waals surface area contributed by atoms with E-state index in [0.29, 0.717) is 17.2 Å². The smallest absolute Gasteiger partial charge is 0.251 e. The number of nitrogens with two attached hydrogens (primary N) is 1. The molecular weight excluding hydrogens is 212 g/mol. The number of carbonyl (C=O) groups is 1. The average molecular weight is 232 g/mol. The Kier molecular flexibility index (Phi) is 3.67. The predicted molar refractivity (Wildman–Crippen MR) is 69.9 cm³/mol.